The zero-order valence-corrected chi connectivity index (χ0v) is 17.3. The summed E-state index contributed by atoms with van der Waals surface area (Å²) in [6.07, 6.45) is 1.70. The number of ether oxygens (including phenoxy) is 1. The topological polar surface area (TPSA) is 84.6 Å². The molecule has 1 unspecified atom stereocenters. The predicted molar refractivity (Wildman–Crippen MR) is 120 cm³/mol. The van der Waals surface area contributed by atoms with Gasteiger partial charge in [-0.1, -0.05) is 48.5 Å². The van der Waals surface area contributed by atoms with Crippen molar-refractivity contribution in [1.29, 1.82) is 0 Å². The molecule has 0 bridgehead atoms. The monoisotopic (exact) mass is 438 g/mol. The van der Waals surface area contributed by atoms with Crippen molar-refractivity contribution in [3.63, 3.8) is 0 Å². The van der Waals surface area contributed by atoms with Gasteiger partial charge >= 0.3 is 0 Å². The third-order valence-corrected chi connectivity index (χ3v) is 4.69. The minimum atomic E-state index is -1.02. The molecule has 0 aliphatic carbocycles. The Hall–Kier alpha value is -3.55. The second-order valence-corrected chi connectivity index (χ2v) is 7.17. The average molecular weight is 438 g/mol. The summed E-state index contributed by atoms with van der Waals surface area (Å²) >= 11 is 0. The number of hydrogen-bond donors (Lipinski definition) is 3. The Morgan fingerprint density at radius 3 is 2.47 bits per heavy atom. The second-order valence-electron chi connectivity index (χ2n) is 7.17. The van der Waals surface area contributed by atoms with Gasteiger partial charge < -0.3 is 20.9 Å². The van der Waals surface area contributed by atoms with Gasteiger partial charge in [0.25, 0.3) is 0 Å². The summed E-state index contributed by atoms with van der Waals surface area (Å²) in [7, 11) is 0. The first-order chi connectivity index (χ1) is 15.4. The average Bonchev–Trinajstić information content (AvgIpc) is 2.79. The van der Waals surface area contributed by atoms with E-state index < -0.39 is 23.6 Å². The van der Waals surface area contributed by atoms with E-state index in [1.54, 1.807) is 24.3 Å². The fraction of sp³-hybridized carbons (Fsp3) is 0.160. The molecule has 1 atom stereocenters. The van der Waals surface area contributed by atoms with Crippen molar-refractivity contribution in [1.82, 2.24) is 5.32 Å². The maximum absolute atomic E-state index is 14.5. The van der Waals surface area contributed by atoms with Crippen LogP contribution in [0.2, 0.25) is 0 Å². The molecular formula is C25H24F2N2O3. The molecule has 32 heavy (non-hydrogen) atoms. The molecule has 3 aromatic rings. The summed E-state index contributed by atoms with van der Waals surface area (Å²) in [5, 5.41) is 13.3. The lowest BCUT2D eigenvalue weighted by atomic mass is 9.98. The van der Waals surface area contributed by atoms with Crippen molar-refractivity contribution >= 4 is 12.0 Å². The number of rotatable bonds is 10. The highest BCUT2D eigenvalue weighted by atomic mass is 19.2. The summed E-state index contributed by atoms with van der Waals surface area (Å²) in [5.74, 6) is -2.24. The molecule has 0 radical (unpaired) electrons. The molecule has 3 aromatic carbocycles. The quantitative estimate of drug-likeness (QED) is 0.422. The molecule has 0 aromatic heterocycles. The third-order valence-electron chi connectivity index (χ3n) is 4.69. The molecule has 5 nitrogen and oxygen atoms in total. The van der Waals surface area contributed by atoms with Crippen LogP contribution in [-0.4, -0.2) is 30.3 Å². The highest BCUT2D eigenvalue weighted by molar-refractivity contribution is 5.92. The third kappa shape index (κ3) is 6.47. The minimum Gasteiger partial charge on any atom is -0.491 e. The number of aliphatic hydroxyl groups is 1. The van der Waals surface area contributed by atoms with E-state index in [1.165, 1.54) is 12.1 Å². The highest BCUT2D eigenvalue weighted by Crippen LogP contribution is 2.31. The van der Waals surface area contributed by atoms with Gasteiger partial charge in [0, 0.05) is 24.7 Å². The van der Waals surface area contributed by atoms with Crippen molar-refractivity contribution in [3.8, 4) is 16.9 Å². The Bertz CT molecular complexity index is 1070. The van der Waals surface area contributed by atoms with Crippen LogP contribution >= 0.6 is 0 Å². The zero-order valence-electron chi connectivity index (χ0n) is 17.3. The molecule has 4 N–H and O–H groups in total. The fourth-order valence-corrected chi connectivity index (χ4v) is 3.12. The van der Waals surface area contributed by atoms with Crippen LogP contribution in [0, 0.1) is 11.6 Å². The van der Waals surface area contributed by atoms with Crippen molar-refractivity contribution in [3.05, 3.63) is 95.6 Å². The Labute approximate surface area is 185 Å². The lowest BCUT2D eigenvalue weighted by molar-refractivity contribution is -0.113. The van der Waals surface area contributed by atoms with Crippen LogP contribution in [0.3, 0.4) is 0 Å². The SMILES string of the molecule is NC(=O)/C=C/c1ccc(F)c(F)c1-c1ccc(OCC(O)CNCc2ccccc2)cc1. The molecule has 0 spiro atoms. The summed E-state index contributed by atoms with van der Waals surface area (Å²) in [6, 6.07) is 18.6. The van der Waals surface area contributed by atoms with Gasteiger partial charge in [-0.3, -0.25) is 4.79 Å². The normalized spacial score (nSPS) is 12.1. The van der Waals surface area contributed by atoms with E-state index in [1.807, 2.05) is 30.3 Å². The van der Waals surface area contributed by atoms with Gasteiger partial charge in [0.05, 0.1) is 0 Å². The first kappa shape index (κ1) is 23.1. The Morgan fingerprint density at radius 1 is 1.06 bits per heavy atom. The molecule has 0 aliphatic heterocycles. The molecular weight excluding hydrogens is 414 g/mol. The number of amides is 1. The largest absolute Gasteiger partial charge is 0.491 e. The smallest absolute Gasteiger partial charge is 0.241 e. The maximum Gasteiger partial charge on any atom is 0.241 e. The first-order valence-corrected chi connectivity index (χ1v) is 10.1. The van der Waals surface area contributed by atoms with E-state index in [-0.39, 0.29) is 12.2 Å². The lowest BCUT2D eigenvalue weighted by Gasteiger charge is -2.14. The molecule has 0 heterocycles. The summed E-state index contributed by atoms with van der Waals surface area (Å²) in [5.41, 5.74) is 6.95. The number of carbonyl (C=O) groups is 1. The molecule has 0 saturated heterocycles. The molecule has 0 fully saturated rings. The van der Waals surface area contributed by atoms with Gasteiger partial charge in [-0.25, -0.2) is 8.78 Å². The van der Waals surface area contributed by atoms with E-state index in [0.717, 1.165) is 17.7 Å². The summed E-state index contributed by atoms with van der Waals surface area (Å²) in [6.45, 7) is 1.07. The molecule has 7 heteroatoms. The standard InChI is InChI=1S/C25H24F2N2O3/c26-22-12-8-19(9-13-23(28)31)24(25(22)27)18-6-10-21(11-7-18)32-16-20(30)15-29-14-17-4-2-1-3-5-17/h1-13,20,29-30H,14-16H2,(H2,28,31)/b13-9+. The van der Waals surface area contributed by atoms with E-state index in [9.17, 15) is 18.7 Å². The van der Waals surface area contributed by atoms with Crippen LogP contribution in [0.25, 0.3) is 17.2 Å². The molecule has 3 rings (SSSR count). The number of primary amides is 1. The van der Waals surface area contributed by atoms with Crippen LogP contribution in [0.4, 0.5) is 8.78 Å². The van der Waals surface area contributed by atoms with Crippen LogP contribution < -0.4 is 15.8 Å². The van der Waals surface area contributed by atoms with E-state index in [2.05, 4.69) is 5.32 Å². The lowest BCUT2D eigenvalue weighted by Crippen LogP contribution is -2.31. The van der Waals surface area contributed by atoms with Crippen LogP contribution in [-0.2, 0) is 11.3 Å². The zero-order chi connectivity index (χ0) is 22.9. The van der Waals surface area contributed by atoms with Gasteiger partial charge in [-0.15, -0.1) is 0 Å². The van der Waals surface area contributed by atoms with Gasteiger partial charge in [-0.2, -0.15) is 0 Å². The van der Waals surface area contributed by atoms with Gasteiger partial charge in [0.1, 0.15) is 18.5 Å². The molecule has 0 saturated carbocycles. The Morgan fingerprint density at radius 2 is 1.78 bits per heavy atom. The van der Waals surface area contributed by atoms with Gasteiger partial charge in [0.2, 0.25) is 5.91 Å². The van der Waals surface area contributed by atoms with Crippen molar-refractivity contribution in [2.45, 2.75) is 12.6 Å². The number of benzene rings is 3. The fourth-order valence-electron chi connectivity index (χ4n) is 3.12. The number of carbonyl (C=O) groups excluding carboxylic acids is 1. The van der Waals surface area contributed by atoms with Crippen molar-refractivity contribution in [2.24, 2.45) is 5.73 Å². The molecule has 166 valence electrons. The van der Waals surface area contributed by atoms with Crippen LogP contribution in [0.15, 0.2) is 72.8 Å². The number of nitrogens with two attached hydrogens (primary N) is 1. The minimum absolute atomic E-state index is 0.0131. The van der Waals surface area contributed by atoms with Crippen molar-refractivity contribution in [2.75, 3.05) is 13.2 Å². The molecule has 1 amide bonds. The van der Waals surface area contributed by atoms with E-state index in [0.29, 0.717) is 30.0 Å². The van der Waals surface area contributed by atoms with E-state index in [4.69, 9.17) is 10.5 Å². The number of aliphatic hydroxyl groups excluding tert-OH is 1. The van der Waals surface area contributed by atoms with Crippen molar-refractivity contribution < 1.29 is 23.4 Å². The van der Waals surface area contributed by atoms with Gasteiger partial charge in [-0.05, 0) is 41.0 Å². The Kier molecular flexibility index (Phi) is 8.08. The molecule has 0 aliphatic rings. The Balaban J connectivity index is 1.60. The summed E-state index contributed by atoms with van der Waals surface area (Å²) < 4.78 is 33.9. The number of hydrogen-bond acceptors (Lipinski definition) is 4. The number of nitrogens with one attached hydrogen (secondary N) is 1. The van der Waals surface area contributed by atoms with Crippen LogP contribution in [0.1, 0.15) is 11.1 Å². The van der Waals surface area contributed by atoms with E-state index >= 15 is 0 Å². The predicted octanol–water partition coefficient (Wildman–Crippen LogP) is 3.66. The maximum atomic E-state index is 14.5. The van der Waals surface area contributed by atoms with Crippen LogP contribution in [0.5, 0.6) is 5.75 Å². The second kappa shape index (κ2) is 11.2. The first-order valence-electron chi connectivity index (χ1n) is 10.1. The van der Waals surface area contributed by atoms with Gasteiger partial charge in [0.15, 0.2) is 11.6 Å². The number of halogens is 2. The highest BCUT2D eigenvalue weighted by Gasteiger charge is 2.15. The summed E-state index contributed by atoms with van der Waals surface area (Å²) in [4.78, 5) is 11.0.